The Hall–Kier alpha value is -1.35. The van der Waals surface area contributed by atoms with Crippen molar-refractivity contribution in [2.75, 3.05) is 20.1 Å². The van der Waals surface area contributed by atoms with Crippen LogP contribution >= 0.6 is 0 Å². The molecule has 1 aliphatic rings. The summed E-state index contributed by atoms with van der Waals surface area (Å²) in [7, 11) is 2.14. The van der Waals surface area contributed by atoms with E-state index in [2.05, 4.69) is 36.3 Å². The van der Waals surface area contributed by atoms with Crippen LogP contribution < -0.4 is 5.32 Å². The summed E-state index contributed by atoms with van der Waals surface area (Å²) in [5.41, 5.74) is 1.14. The van der Waals surface area contributed by atoms with Crippen molar-refractivity contribution in [3.05, 3.63) is 35.9 Å². The Kier molecular flexibility index (Phi) is 5.60. The van der Waals surface area contributed by atoms with Crippen molar-refractivity contribution in [3.8, 4) is 0 Å². The lowest BCUT2D eigenvalue weighted by Gasteiger charge is -2.30. The summed E-state index contributed by atoms with van der Waals surface area (Å²) in [6.07, 6.45) is 4.08. The Morgan fingerprint density at radius 2 is 1.95 bits per heavy atom. The van der Waals surface area contributed by atoms with Crippen molar-refractivity contribution in [2.24, 2.45) is 0 Å². The minimum atomic E-state index is 0.000793. The zero-order valence-corrected chi connectivity index (χ0v) is 12.6. The third kappa shape index (κ3) is 4.07. The van der Waals surface area contributed by atoms with E-state index in [0.717, 1.165) is 44.3 Å². The second kappa shape index (κ2) is 7.44. The standard InChI is InChI=1S/C17H26N2O/c1-3-7-16(14-8-5-4-6-9-14)17(20)18-15-10-12-19(2)13-11-15/h4-6,8-9,15-16H,3,7,10-13H2,1-2H3,(H,18,20). The Bertz CT molecular complexity index is 410. The van der Waals surface area contributed by atoms with E-state index in [4.69, 9.17) is 0 Å². The molecule has 20 heavy (non-hydrogen) atoms. The van der Waals surface area contributed by atoms with Crippen LogP contribution in [0.3, 0.4) is 0 Å². The van der Waals surface area contributed by atoms with Gasteiger partial charge in [0.25, 0.3) is 0 Å². The van der Waals surface area contributed by atoms with E-state index in [0.29, 0.717) is 6.04 Å². The van der Waals surface area contributed by atoms with Crippen molar-refractivity contribution in [1.82, 2.24) is 10.2 Å². The number of piperidine rings is 1. The first kappa shape index (κ1) is 15.0. The lowest BCUT2D eigenvalue weighted by molar-refractivity contribution is -0.123. The van der Waals surface area contributed by atoms with E-state index in [1.807, 2.05) is 18.2 Å². The molecule has 1 atom stereocenters. The molecule has 0 aromatic heterocycles. The summed E-state index contributed by atoms with van der Waals surface area (Å²) in [5.74, 6) is 0.202. The summed E-state index contributed by atoms with van der Waals surface area (Å²) in [6, 6.07) is 10.5. The SMILES string of the molecule is CCCC(C(=O)NC1CCN(C)CC1)c1ccccc1. The van der Waals surface area contributed by atoms with Gasteiger partial charge in [-0.15, -0.1) is 0 Å². The topological polar surface area (TPSA) is 32.3 Å². The van der Waals surface area contributed by atoms with E-state index >= 15 is 0 Å². The van der Waals surface area contributed by atoms with Gasteiger partial charge < -0.3 is 10.2 Å². The van der Waals surface area contributed by atoms with Gasteiger partial charge in [-0.1, -0.05) is 43.7 Å². The molecular formula is C17H26N2O. The summed E-state index contributed by atoms with van der Waals surface area (Å²) in [5, 5.41) is 3.26. The van der Waals surface area contributed by atoms with Gasteiger partial charge in [-0.25, -0.2) is 0 Å². The second-order valence-electron chi connectivity index (χ2n) is 5.84. The number of benzene rings is 1. The molecule has 1 aromatic rings. The van der Waals surface area contributed by atoms with Crippen LogP contribution in [0.4, 0.5) is 0 Å². The Labute approximate surface area is 122 Å². The monoisotopic (exact) mass is 274 g/mol. The minimum absolute atomic E-state index is 0.000793. The van der Waals surface area contributed by atoms with Gasteiger partial charge in [0.2, 0.25) is 5.91 Å². The first-order valence-corrected chi connectivity index (χ1v) is 7.74. The molecule has 1 saturated heterocycles. The average Bonchev–Trinajstić information content (AvgIpc) is 2.48. The van der Waals surface area contributed by atoms with E-state index in [-0.39, 0.29) is 11.8 Å². The van der Waals surface area contributed by atoms with Gasteiger partial charge in [0.1, 0.15) is 0 Å². The molecule has 2 rings (SSSR count). The summed E-state index contributed by atoms with van der Waals surface area (Å²) >= 11 is 0. The minimum Gasteiger partial charge on any atom is -0.353 e. The van der Waals surface area contributed by atoms with Crippen LogP contribution in [-0.4, -0.2) is 37.0 Å². The Morgan fingerprint density at radius 3 is 2.55 bits per heavy atom. The van der Waals surface area contributed by atoms with Crippen LogP contribution in [0, 0.1) is 0 Å². The highest BCUT2D eigenvalue weighted by Gasteiger charge is 2.24. The molecule has 0 radical (unpaired) electrons. The van der Waals surface area contributed by atoms with E-state index in [9.17, 15) is 4.79 Å². The van der Waals surface area contributed by atoms with E-state index in [1.165, 1.54) is 0 Å². The molecule has 1 aliphatic heterocycles. The first-order valence-electron chi connectivity index (χ1n) is 7.74. The molecule has 1 fully saturated rings. The average molecular weight is 274 g/mol. The van der Waals surface area contributed by atoms with Crippen LogP contribution in [0.15, 0.2) is 30.3 Å². The number of likely N-dealkylation sites (tertiary alicyclic amines) is 1. The molecule has 110 valence electrons. The molecule has 1 amide bonds. The van der Waals surface area contributed by atoms with Crippen LogP contribution in [0.2, 0.25) is 0 Å². The van der Waals surface area contributed by atoms with Crippen LogP contribution in [0.5, 0.6) is 0 Å². The molecule has 0 aliphatic carbocycles. The van der Waals surface area contributed by atoms with Crippen molar-refractivity contribution < 1.29 is 4.79 Å². The Balaban J connectivity index is 1.97. The maximum atomic E-state index is 12.6. The van der Waals surface area contributed by atoms with Crippen LogP contribution in [-0.2, 0) is 4.79 Å². The van der Waals surface area contributed by atoms with Crippen molar-refractivity contribution >= 4 is 5.91 Å². The molecule has 1 N–H and O–H groups in total. The quantitative estimate of drug-likeness (QED) is 0.895. The van der Waals surface area contributed by atoms with Gasteiger partial charge >= 0.3 is 0 Å². The molecule has 3 heteroatoms. The zero-order valence-electron chi connectivity index (χ0n) is 12.6. The third-order valence-electron chi connectivity index (χ3n) is 4.16. The van der Waals surface area contributed by atoms with Crippen LogP contribution in [0.1, 0.15) is 44.1 Å². The number of carbonyl (C=O) groups excluding carboxylic acids is 1. The number of hydrogen-bond donors (Lipinski definition) is 1. The Morgan fingerprint density at radius 1 is 1.30 bits per heavy atom. The number of hydrogen-bond acceptors (Lipinski definition) is 2. The van der Waals surface area contributed by atoms with Gasteiger partial charge in [-0.3, -0.25) is 4.79 Å². The van der Waals surface area contributed by atoms with E-state index < -0.39 is 0 Å². The molecule has 1 aromatic carbocycles. The summed E-state index contributed by atoms with van der Waals surface area (Å²) in [6.45, 7) is 4.29. The number of amides is 1. The fourth-order valence-electron chi connectivity index (χ4n) is 2.88. The maximum Gasteiger partial charge on any atom is 0.227 e. The van der Waals surface area contributed by atoms with Crippen molar-refractivity contribution in [1.29, 1.82) is 0 Å². The lowest BCUT2D eigenvalue weighted by atomic mass is 9.93. The van der Waals surface area contributed by atoms with Crippen LogP contribution in [0.25, 0.3) is 0 Å². The lowest BCUT2D eigenvalue weighted by Crippen LogP contribution is -2.44. The largest absolute Gasteiger partial charge is 0.353 e. The zero-order chi connectivity index (χ0) is 14.4. The highest BCUT2D eigenvalue weighted by atomic mass is 16.1. The van der Waals surface area contributed by atoms with Gasteiger partial charge in [0.15, 0.2) is 0 Å². The predicted octanol–water partition coefficient (Wildman–Crippen LogP) is 2.78. The highest BCUT2D eigenvalue weighted by Crippen LogP contribution is 2.22. The molecule has 1 heterocycles. The predicted molar refractivity (Wildman–Crippen MR) is 82.8 cm³/mol. The fourth-order valence-corrected chi connectivity index (χ4v) is 2.88. The summed E-state index contributed by atoms with van der Waals surface area (Å²) < 4.78 is 0. The van der Waals surface area contributed by atoms with Gasteiger partial charge in [0.05, 0.1) is 5.92 Å². The highest BCUT2D eigenvalue weighted by molar-refractivity contribution is 5.83. The molecular weight excluding hydrogens is 248 g/mol. The second-order valence-corrected chi connectivity index (χ2v) is 5.84. The molecule has 3 nitrogen and oxygen atoms in total. The van der Waals surface area contributed by atoms with Gasteiger partial charge in [-0.2, -0.15) is 0 Å². The molecule has 0 spiro atoms. The smallest absolute Gasteiger partial charge is 0.227 e. The van der Waals surface area contributed by atoms with E-state index in [1.54, 1.807) is 0 Å². The normalized spacial score (nSPS) is 18.7. The van der Waals surface area contributed by atoms with Gasteiger partial charge in [-0.05, 0) is 45.0 Å². The molecule has 0 bridgehead atoms. The third-order valence-corrected chi connectivity index (χ3v) is 4.16. The number of carbonyl (C=O) groups is 1. The first-order chi connectivity index (χ1) is 9.70. The number of nitrogens with one attached hydrogen (secondary N) is 1. The molecule has 1 unspecified atom stereocenters. The fraction of sp³-hybridized carbons (Fsp3) is 0.588. The van der Waals surface area contributed by atoms with Crippen molar-refractivity contribution in [3.63, 3.8) is 0 Å². The number of rotatable bonds is 5. The summed E-state index contributed by atoms with van der Waals surface area (Å²) in [4.78, 5) is 14.9. The molecule has 0 saturated carbocycles. The maximum absolute atomic E-state index is 12.6. The van der Waals surface area contributed by atoms with Gasteiger partial charge in [0, 0.05) is 6.04 Å². The number of nitrogens with zero attached hydrogens (tertiary/aromatic N) is 1. The van der Waals surface area contributed by atoms with Crippen molar-refractivity contribution in [2.45, 2.75) is 44.6 Å².